The van der Waals surface area contributed by atoms with Gasteiger partial charge in [-0.1, -0.05) is 170 Å². The van der Waals surface area contributed by atoms with Crippen LogP contribution >= 0.6 is 0 Å². The average Bonchev–Trinajstić information content (AvgIpc) is 3.72. The molecule has 2 heteroatoms. The lowest BCUT2D eigenvalue weighted by Crippen LogP contribution is -2.02. The van der Waals surface area contributed by atoms with E-state index in [0.717, 1.165) is 33.9 Å². The molecule has 0 aliphatic heterocycles. The van der Waals surface area contributed by atoms with Crippen LogP contribution in [0, 0.1) is 0 Å². The molecule has 0 radical (unpaired) electrons. The molecule has 234 valence electrons. The van der Waals surface area contributed by atoms with Crippen molar-refractivity contribution >= 4 is 0 Å². The Kier molecular flexibility index (Phi) is 6.67. The second-order valence-electron chi connectivity index (χ2n) is 13.3. The van der Waals surface area contributed by atoms with E-state index in [-0.39, 0.29) is 11.8 Å². The molecular weight excluding hydrogens is 605 g/mol. The molecule has 1 aromatic heterocycles. The van der Waals surface area contributed by atoms with Gasteiger partial charge in [0.25, 0.3) is 0 Å². The van der Waals surface area contributed by atoms with Gasteiger partial charge in [0.1, 0.15) is 0 Å². The molecule has 0 spiro atoms. The lowest BCUT2D eigenvalue weighted by Gasteiger charge is -2.18. The number of nitrogens with zero attached hydrogens (tertiary/aromatic N) is 2. The Hall–Kier alpha value is -6.38. The quantitative estimate of drug-likeness (QED) is 0.188. The van der Waals surface area contributed by atoms with E-state index in [2.05, 4.69) is 170 Å². The van der Waals surface area contributed by atoms with Crippen molar-refractivity contribution in [2.24, 2.45) is 0 Å². The molecule has 0 fully saturated rings. The van der Waals surface area contributed by atoms with E-state index in [0.29, 0.717) is 0 Å². The van der Waals surface area contributed by atoms with Gasteiger partial charge in [-0.15, -0.1) is 0 Å². The van der Waals surface area contributed by atoms with Gasteiger partial charge >= 0.3 is 0 Å². The molecular formula is C48H32N2. The van der Waals surface area contributed by atoms with Gasteiger partial charge in [-0.3, -0.25) is 0 Å². The Balaban J connectivity index is 1.14. The molecule has 2 atom stereocenters. The summed E-state index contributed by atoms with van der Waals surface area (Å²) in [6.07, 6.45) is 0. The van der Waals surface area contributed by atoms with Gasteiger partial charge in [0.15, 0.2) is 5.82 Å². The van der Waals surface area contributed by atoms with Crippen LogP contribution in [0.3, 0.4) is 0 Å². The standard InChI is InChI=1S/C48H32N2/c1-4-15-31(16-5-1)42-30-43(32-17-6-2-7-18-32)50-48(49-42)35-22-14-21-34(29-35)45-37-24-11-13-26-39(37)47-41(45)28-27-40-44(33-19-8-3-9-20-33)36-23-10-12-25-38(36)46(40)47/h1-30,44-45H. The Labute approximate surface area is 292 Å². The first-order chi connectivity index (χ1) is 24.8. The minimum atomic E-state index is 0.0975. The van der Waals surface area contributed by atoms with Crippen LogP contribution in [-0.4, -0.2) is 9.97 Å². The van der Waals surface area contributed by atoms with Crippen molar-refractivity contribution in [2.45, 2.75) is 11.8 Å². The van der Waals surface area contributed by atoms with Gasteiger partial charge < -0.3 is 0 Å². The highest BCUT2D eigenvalue weighted by atomic mass is 14.9. The molecule has 0 saturated heterocycles. The largest absolute Gasteiger partial charge is 0.228 e. The monoisotopic (exact) mass is 636 g/mol. The molecule has 0 amide bonds. The maximum atomic E-state index is 5.15. The Bertz CT molecular complexity index is 2480. The molecule has 2 aliphatic rings. The summed E-state index contributed by atoms with van der Waals surface area (Å²) in [7, 11) is 0. The van der Waals surface area contributed by atoms with Gasteiger partial charge in [0.05, 0.1) is 11.4 Å². The third kappa shape index (κ3) is 4.57. The smallest absolute Gasteiger partial charge is 0.160 e. The molecule has 2 aliphatic carbocycles. The van der Waals surface area contributed by atoms with Crippen molar-refractivity contribution in [3.8, 4) is 56.2 Å². The van der Waals surface area contributed by atoms with Crippen LogP contribution in [0.2, 0.25) is 0 Å². The fourth-order valence-corrected chi connectivity index (χ4v) is 8.30. The van der Waals surface area contributed by atoms with Gasteiger partial charge in [-0.25, -0.2) is 9.97 Å². The topological polar surface area (TPSA) is 25.8 Å². The van der Waals surface area contributed by atoms with Crippen molar-refractivity contribution in [3.05, 3.63) is 215 Å². The highest BCUT2D eigenvalue weighted by Gasteiger charge is 2.38. The number of fused-ring (bicyclic) bond motifs is 7. The van der Waals surface area contributed by atoms with Gasteiger partial charge in [0.2, 0.25) is 0 Å². The van der Waals surface area contributed by atoms with Crippen molar-refractivity contribution in [1.29, 1.82) is 0 Å². The van der Waals surface area contributed by atoms with E-state index in [9.17, 15) is 0 Å². The van der Waals surface area contributed by atoms with Crippen LogP contribution in [0.25, 0.3) is 56.2 Å². The fourth-order valence-electron chi connectivity index (χ4n) is 8.30. The van der Waals surface area contributed by atoms with Crippen molar-refractivity contribution < 1.29 is 0 Å². The van der Waals surface area contributed by atoms with E-state index in [1.165, 1.54) is 55.6 Å². The van der Waals surface area contributed by atoms with Crippen molar-refractivity contribution in [2.75, 3.05) is 0 Å². The van der Waals surface area contributed by atoms with Crippen LogP contribution < -0.4 is 0 Å². The molecule has 2 nitrogen and oxygen atoms in total. The second-order valence-corrected chi connectivity index (χ2v) is 13.3. The number of aromatic nitrogens is 2. The summed E-state index contributed by atoms with van der Waals surface area (Å²) in [5.41, 5.74) is 18.5. The second kappa shape index (κ2) is 11.6. The Morgan fingerprint density at radius 2 is 0.760 bits per heavy atom. The molecule has 0 bridgehead atoms. The molecule has 2 unspecified atom stereocenters. The highest BCUT2D eigenvalue weighted by molar-refractivity contribution is 5.98. The summed E-state index contributed by atoms with van der Waals surface area (Å²) in [5.74, 6) is 1.04. The average molecular weight is 637 g/mol. The maximum absolute atomic E-state index is 5.15. The molecule has 10 rings (SSSR count). The SMILES string of the molecule is c1ccc(-c2cc(-c3ccccc3)nc(-c3cccc(C4c5ccccc5-c5c4ccc4c5-c5ccccc5C4c4ccccc4)c3)n2)cc1. The maximum Gasteiger partial charge on any atom is 0.160 e. The van der Waals surface area contributed by atoms with Crippen molar-refractivity contribution in [3.63, 3.8) is 0 Å². The van der Waals surface area contributed by atoms with Crippen LogP contribution in [0.5, 0.6) is 0 Å². The van der Waals surface area contributed by atoms with E-state index in [1.54, 1.807) is 0 Å². The van der Waals surface area contributed by atoms with Gasteiger partial charge in [-0.05, 0) is 67.8 Å². The number of hydrogen-bond donors (Lipinski definition) is 0. The minimum Gasteiger partial charge on any atom is -0.228 e. The van der Waals surface area contributed by atoms with E-state index in [1.807, 2.05) is 12.1 Å². The van der Waals surface area contributed by atoms with E-state index >= 15 is 0 Å². The zero-order valence-corrected chi connectivity index (χ0v) is 27.4. The van der Waals surface area contributed by atoms with Gasteiger partial charge in [0, 0.05) is 28.5 Å². The minimum absolute atomic E-state index is 0.0975. The summed E-state index contributed by atoms with van der Waals surface area (Å²) in [6, 6.07) is 65.5. The molecule has 1 heterocycles. The summed E-state index contributed by atoms with van der Waals surface area (Å²) in [4.78, 5) is 10.3. The number of hydrogen-bond acceptors (Lipinski definition) is 2. The van der Waals surface area contributed by atoms with E-state index in [4.69, 9.17) is 9.97 Å². The summed E-state index contributed by atoms with van der Waals surface area (Å²) in [5, 5.41) is 0. The van der Waals surface area contributed by atoms with Crippen LogP contribution in [0.15, 0.2) is 182 Å². The molecule has 50 heavy (non-hydrogen) atoms. The predicted molar refractivity (Wildman–Crippen MR) is 204 cm³/mol. The van der Waals surface area contributed by atoms with Gasteiger partial charge in [-0.2, -0.15) is 0 Å². The highest BCUT2D eigenvalue weighted by Crippen LogP contribution is 2.58. The molecule has 7 aromatic carbocycles. The number of rotatable bonds is 5. The third-order valence-corrected chi connectivity index (χ3v) is 10.5. The van der Waals surface area contributed by atoms with E-state index < -0.39 is 0 Å². The van der Waals surface area contributed by atoms with Crippen LogP contribution in [0.4, 0.5) is 0 Å². The lowest BCUT2D eigenvalue weighted by molar-refractivity contribution is 0.997. The van der Waals surface area contributed by atoms with Crippen LogP contribution in [-0.2, 0) is 0 Å². The zero-order valence-electron chi connectivity index (χ0n) is 27.4. The Morgan fingerprint density at radius 1 is 0.320 bits per heavy atom. The first kappa shape index (κ1) is 28.6. The summed E-state index contributed by atoms with van der Waals surface area (Å²) >= 11 is 0. The molecule has 8 aromatic rings. The first-order valence-electron chi connectivity index (χ1n) is 17.3. The number of benzene rings is 7. The summed E-state index contributed by atoms with van der Waals surface area (Å²) < 4.78 is 0. The first-order valence-corrected chi connectivity index (χ1v) is 17.3. The Morgan fingerprint density at radius 3 is 1.32 bits per heavy atom. The predicted octanol–water partition coefficient (Wildman–Crippen LogP) is 11.8. The lowest BCUT2D eigenvalue weighted by atomic mass is 9.85. The normalized spacial score (nSPS) is 15.2. The summed E-state index contributed by atoms with van der Waals surface area (Å²) in [6.45, 7) is 0. The molecule has 0 N–H and O–H groups in total. The molecule has 0 saturated carbocycles. The zero-order chi connectivity index (χ0) is 33.0. The van der Waals surface area contributed by atoms with Crippen molar-refractivity contribution in [1.82, 2.24) is 9.97 Å². The third-order valence-electron chi connectivity index (χ3n) is 10.5. The van der Waals surface area contributed by atoms with Crippen LogP contribution in [0.1, 0.15) is 45.2 Å². The fraction of sp³-hybridized carbons (Fsp3) is 0.0417.